The molecule has 0 radical (unpaired) electrons. The molecule has 15 heavy (non-hydrogen) atoms. The number of primary amides is 1. The molecule has 1 saturated heterocycles. The van der Waals surface area contributed by atoms with Crippen LogP contribution in [-0.4, -0.2) is 22.9 Å². The largest absolute Gasteiger partial charge is 0.350 e. The second-order valence-electron chi connectivity index (χ2n) is 3.64. The van der Waals surface area contributed by atoms with Crippen molar-refractivity contribution in [3.63, 3.8) is 0 Å². The first-order valence-electron chi connectivity index (χ1n) is 4.70. The van der Waals surface area contributed by atoms with E-state index in [0.717, 1.165) is 5.01 Å². The number of carbonyl (C=O) groups is 3. The van der Waals surface area contributed by atoms with Gasteiger partial charge in [-0.25, -0.2) is 10.2 Å². The van der Waals surface area contributed by atoms with Crippen molar-refractivity contribution < 1.29 is 14.4 Å². The molecule has 2 atom stereocenters. The van der Waals surface area contributed by atoms with Crippen LogP contribution in [-0.2, 0) is 9.59 Å². The molecule has 1 aliphatic heterocycles. The number of rotatable bonds is 1. The lowest BCUT2D eigenvalue weighted by molar-refractivity contribution is -0.142. The highest BCUT2D eigenvalue weighted by Gasteiger charge is 2.47. The summed E-state index contributed by atoms with van der Waals surface area (Å²) in [6.45, 7) is 0. The molecule has 3 N–H and O–H groups in total. The van der Waals surface area contributed by atoms with Crippen LogP contribution in [0.3, 0.4) is 0 Å². The van der Waals surface area contributed by atoms with Gasteiger partial charge in [0.2, 0.25) is 0 Å². The summed E-state index contributed by atoms with van der Waals surface area (Å²) in [6.07, 6.45) is 4.85. The number of carbonyl (C=O) groups excluding carboxylic acids is 3. The lowest BCUT2D eigenvalue weighted by atomic mass is 9.85. The number of nitrogens with two attached hydrogens (primary N) is 1. The number of fused-ring (bicyclic) bond motifs is 1. The Labute approximate surface area is 86.1 Å². The molecule has 0 aromatic heterocycles. The smallest absolute Gasteiger partial charge is 0.331 e. The third-order valence-electron chi connectivity index (χ3n) is 2.73. The Balaban J connectivity index is 2.20. The van der Waals surface area contributed by atoms with Gasteiger partial charge >= 0.3 is 6.03 Å². The number of nitrogens with zero attached hydrogens (tertiary/aromatic N) is 1. The minimum atomic E-state index is -0.900. The number of hydrazine groups is 1. The van der Waals surface area contributed by atoms with Crippen LogP contribution in [0.4, 0.5) is 4.79 Å². The molecule has 1 aliphatic carbocycles. The predicted molar refractivity (Wildman–Crippen MR) is 49.9 cm³/mol. The minimum Gasteiger partial charge on any atom is -0.350 e. The average Bonchev–Trinajstić information content (AvgIpc) is 2.44. The molecule has 6 heteroatoms. The van der Waals surface area contributed by atoms with E-state index in [9.17, 15) is 14.4 Å². The van der Waals surface area contributed by atoms with Crippen LogP contribution >= 0.6 is 0 Å². The van der Waals surface area contributed by atoms with Crippen molar-refractivity contribution >= 4 is 17.8 Å². The summed E-state index contributed by atoms with van der Waals surface area (Å²) >= 11 is 0. The molecule has 0 spiro atoms. The topological polar surface area (TPSA) is 92.5 Å². The van der Waals surface area contributed by atoms with Gasteiger partial charge in [0.15, 0.2) is 0 Å². The van der Waals surface area contributed by atoms with E-state index < -0.39 is 6.03 Å². The van der Waals surface area contributed by atoms with E-state index in [0.29, 0.717) is 12.8 Å². The highest BCUT2D eigenvalue weighted by Crippen LogP contribution is 2.33. The Hall–Kier alpha value is -1.85. The van der Waals surface area contributed by atoms with E-state index in [4.69, 9.17) is 5.73 Å². The fraction of sp³-hybridized carbons (Fsp3) is 0.444. The van der Waals surface area contributed by atoms with Gasteiger partial charge in [-0.3, -0.25) is 9.59 Å². The molecular weight excluding hydrogens is 198 g/mol. The summed E-state index contributed by atoms with van der Waals surface area (Å²) in [5.41, 5.74) is 6.92. The van der Waals surface area contributed by atoms with Crippen molar-refractivity contribution in [3.05, 3.63) is 12.2 Å². The van der Waals surface area contributed by atoms with Crippen molar-refractivity contribution in [2.45, 2.75) is 12.8 Å². The zero-order chi connectivity index (χ0) is 11.0. The predicted octanol–water partition coefficient (Wildman–Crippen LogP) is -0.479. The third kappa shape index (κ3) is 1.47. The Morgan fingerprint density at radius 2 is 1.73 bits per heavy atom. The second-order valence-corrected chi connectivity index (χ2v) is 3.64. The van der Waals surface area contributed by atoms with E-state index in [1.54, 1.807) is 0 Å². The van der Waals surface area contributed by atoms with Crippen LogP contribution < -0.4 is 11.2 Å². The van der Waals surface area contributed by atoms with E-state index >= 15 is 0 Å². The number of urea groups is 1. The number of allylic oxidation sites excluding steroid dienone is 2. The SMILES string of the molecule is NC(=O)NN1C(=O)C2CC=CCC2C1=O. The highest BCUT2D eigenvalue weighted by atomic mass is 16.2. The molecule has 1 heterocycles. The highest BCUT2D eigenvalue weighted by molar-refractivity contribution is 6.06. The van der Waals surface area contributed by atoms with Crippen molar-refractivity contribution in [2.75, 3.05) is 0 Å². The average molecular weight is 209 g/mol. The van der Waals surface area contributed by atoms with E-state index in [2.05, 4.69) is 0 Å². The summed E-state index contributed by atoms with van der Waals surface area (Å²) < 4.78 is 0. The molecule has 0 saturated carbocycles. The van der Waals surface area contributed by atoms with Gasteiger partial charge in [0.1, 0.15) is 0 Å². The molecule has 2 aliphatic rings. The molecule has 0 aromatic rings. The van der Waals surface area contributed by atoms with Crippen molar-refractivity contribution in [1.82, 2.24) is 10.4 Å². The van der Waals surface area contributed by atoms with E-state index in [1.807, 2.05) is 17.6 Å². The Morgan fingerprint density at radius 1 is 1.27 bits per heavy atom. The summed E-state index contributed by atoms with van der Waals surface area (Å²) in [5, 5.41) is 0.741. The number of nitrogens with one attached hydrogen (secondary N) is 1. The van der Waals surface area contributed by atoms with Gasteiger partial charge in [-0.1, -0.05) is 12.2 Å². The summed E-state index contributed by atoms with van der Waals surface area (Å²) in [5.74, 6) is -1.41. The monoisotopic (exact) mass is 209 g/mol. The Kier molecular flexibility index (Phi) is 2.18. The first-order chi connectivity index (χ1) is 7.11. The van der Waals surface area contributed by atoms with Crippen LogP contribution in [0.1, 0.15) is 12.8 Å². The maximum atomic E-state index is 11.7. The summed E-state index contributed by atoms with van der Waals surface area (Å²) in [4.78, 5) is 34.0. The lowest BCUT2D eigenvalue weighted by Gasteiger charge is -2.14. The van der Waals surface area contributed by atoms with Crippen molar-refractivity contribution in [3.8, 4) is 0 Å². The molecule has 4 amide bonds. The number of hydrogen-bond donors (Lipinski definition) is 2. The van der Waals surface area contributed by atoms with Crippen molar-refractivity contribution in [2.24, 2.45) is 17.6 Å². The molecule has 0 bridgehead atoms. The second kappa shape index (κ2) is 3.38. The fourth-order valence-corrected chi connectivity index (χ4v) is 2.02. The molecule has 80 valence electrons. The lowest BCUT2D eigenvalue weighted by Crippen LogP contribution is -2.48. The molecular formula is C9H11N3O3. The van der Waals surface area contributed by atoms with Gasteiger partial charge in [-0.05, 0) is 12.8 Å². The minimum absolute atomic E-state index is 0.339. The Bertz CT molecular complexity index is 338. The van der Waals surface area contributed by atoms with E-state index in [-0.39, 0.29) is 23.7 Å². The molecule has 0 aromatic carbocycles. The summed E-state index contributed by atoms with van der Waals surface area (Å²) in [7, 11) is 0. The number of imide groups is 1. The van der Waals surface area contributed by atoms with Crippen molar-refractivity contribution in [1.29, 1.82) is 0 Å². The van der Waals surface area contributed by atoms with Crippen LogP contribution in [0, 0.1) is 11.8 Å². The maximum absolute atomic E-state index is 11.7. The summed E-state index contributed by atoms with van der Waals surface area (Å²) in [6, 6.07) is -0.900. The van der Waals surface area contributed by atoms with Crippen LogP contribution in [0.15, 0.2) is 12.2 Å². The zero-order valence-corrected chi connectivity index (χ0v) is 7.97. The van der Waals surface area contributed by atoms with Gasteiger partial charge in [0, 0.05) is 0 Å². The fourth-order valence-electron chi connectivity index (χ4n) is 2.02. The standard InChI is InChI=1S/C9H11N3O3/c10-9(15)11-12-7(13)5-3-1-2-4-6(5)8(12)14/h1-2,5-6H,3-4H2,(H3,10,11,15). The van der Waals surface area contributed by atoms with Gasteiger partial charge < -0.3 is 5.73 Å². The van der Waals surface area contributed by atoms with Gasteiger partial charge in [-0.2, -0.15) is 5.01 Å². The first kappa shape index (κ1) is 9.70. The number of amides is 4. The first-order valence-corrected chi connectivity index (χ1v) is 4.70. The normalized spacial score (nSPS) is 29.2. The zero-order valence-electron chi connectivity index (χ0n) is 7.97. The van der Waals surface area contributed by atoms with Gasteiger partial charge in [0.05, 0.1) is 11.8 Å². The van der Waals surface area contributed by atoms with Gasteiger partial charge in [0.25, 0.3) is 11.8 Å². The van der Waals surface area contributed by atoms with E-state index in [1.165, 1.54) is 0 Å². The molecule has 6 nitrogen and oxygen atoms in total. The quantitative estimate of drug-likeness (QED) is 0.451. The molecule has 2 unspecified atom stereocenters. The van der Waals surface area contributed by atoms with Crippen LogP contribution in [0.5, 0.6) is 0 Å². The van der Waals surface area contributed by atoms with Crippen LogP contribution in [0.25, 0.3) is 0 Å². The molecule has 2 rings (SSSR count). The molecule has 1 fully saturated rings. The third-order valence-corrected chi connectivity index (χ3v) is 2.73. The Morgan fingerprint density at radius 3 is 2.13 bits per heavy atom. The maximum Gasteiger partial charge on any atom is 0.331 e. The van der Waals surface area contributed by atoms with Crippen LogP contribution in [0.2, 0.25) is 0 Å². The number of hydrogen-bond acceptors (Lipinski definition) is 3. The van der Waals surface area contributed by atoms with Gasteiger partial charge in [-0.15, -0.1) is 0 Å².